The molecule has 5 heteroatoms. The highest BCUT2D eigenvalue weighted by Crippen LogP contribution is 2.45. The molecule has 0 aliphatic heterocycles. The zero-order valence-electron chi connectivity index (χ0n) is 33.7. The molecule has 0 aliphatic rings. The van der Waals surface area contributed by atoms with Gasteiger partial charge >= 0.3 is 0 Å². The maximum atomic E-state index is 5.44. The van der Waals surface area contributed by atoms with E-state index in [1.807, 2.05) is 34.0 Å². The first-order chi connectivity index (χ1) is 31.2. The number of rotatable bonds is 6. The molecule has 13 rings (SSSR count). The quantitative estimate of drug-likeness (QED) is 0.167. The average molecular weight is 855 g/mol. The lowest BCUT2D eigenvalue weighted by molar-refractivity contribution is 1.18. The molecule has 0 unspecified atom stereocenters. The van der Waals surface area contributed by atoms with Crippen LogP contribution in [0.4, 0.5) is 0 Å². The van der Waals surface area contributed by atoms with Gasteiger partial charge in [-0.15, -0.1) is 34.0 Å². The van der Waals surface area contributed by atoms with Crippen LogP contribution in [0.25, 0.3) is 128 Å². The number of aromatic nitrogens is 2. The van der Waals surface area contributed by atoms with Crippen molar-refractivity contribution in [2.75, 3.05) is 0 Å². The molecule has 0 amide bonds. The fraction of sp³-hybridized carbons (Fsp3) is 0. The number of fused-ring (bicyclic) bond motifs is 9. The van der Waals surface area contributed by atoms with Crippen molar-refractivity contribution in [3.8, 4) is 67.3 Å². The zero-order chi connectivity index (χ0) is 41.4. The molecular weight excluding hydrogens is 821 g/mol. The number of hydrogen-bond donors (Lipinski definition) is 0. The van der Waals surface area contributed by atoms with Crippen molar-refractivity contribution < 1.29 is 0 Å². The summed E-state index contributed by atoms with van der Waals surface area (Å²) < 4.78 is 7.78. The number of benzene rings is 9. The minimum atomic E-state index is 0.695. The lowest BCUT2D eigenvalue weighted by Gasteiger charge is -2.14. The topological polar surface area (TPSA) is 25.8 Å². The Morgan fingerprint density at radius 1 is 0.254 bits per heavy atom. The van der Waals surface area contributed by atoms with Gasteiger partial charge in [0.2, 0.25) is 0 Å². The molecule has 4 aromatic heterocycles. The van der Waals surface area contributed by atoms with Crippen LogP contribution in [0.1, 0.15) is 0 Å². The third-order valence-electron chi connectivity index (χ3n) is 12.3. The first-order valence-electron chi connectivity index (χ1n) is 21.1. The van der Waals surface area contributed by atoms with Crippen LogP contribution in [0, 0.1) is 0 Å². The zero-order valence-corrected chi connectivity index (χ0v) is 36.2. The van der Waals surface area contributed by atoms with E-state index < -0.39 is 0 Å². The first kappa shape index (κ1) is 36.4. The average Bonchev–Trinajstić information content (AvgIpc) is 4.06. The molecule has 9 aromatic carbocycles. The van der Waals surface area contributed by atoms with E-state index in [1.165, 1.54) is 82.8 Å². The van der Waals surface area contributed by atoms with Crippen molar-refractivity contribution in [2.24, 2.45) is 0 Å². The second-order valence-corrected chi connectivity index (χ2v) is 19.2. The van der Waals surface area contributed by atoms with Gasteiger partial charge in [0.05, 0.1) is 11.4 Å². The summed E-state index contributed by atoms with van der Waals surface area (Å²) >= 11 is 5.59. The molecule has 2 nitrogen and oxygen atoms in total. The lowest BCUT2D eigenvalue weighted by atomic mass is 9.94. The standard InChI is InChI=1S/C58H34N2S3/c1-2-13-36(14-3-1)50-34-51(37-29-27-35(28-30-37)41-18-10-21-47-44-15-4-7-24-52(44)61-55(41)47)60-58(59-50)40-32-38(42-19-11-22-48-45-16-5-8-25-53(45)62-56(42)48)31-39(33-40)43-20-12-23-49-46-17-6-9-26-54(46)63-57(43)49/h1-34H. The molecule has 0 radical (unpaired) electrons. The Kier molecular flexibility index (Phi) is 8.48. The molecule has 294 valence electrons. The Bertz CT molecular complexity index is 3780. The summed E-state index contributed by atoms with van der Waals surface area (Å²) in [5, 5.41) is 7.76. The second kappa shape index (κ2) is 14.7. The summed E-state index contributed by atoms with van der Waals surface area (Å²) in [6.45, 7) is 0. The van der Waals surface area contributed by atoms with Crippen molar-refractivity contribution in [1.82, 2.24) is 9.97 Å². The fourth-order valence-corrected chi connectivity index (χ4v) is 13.0. The van der Waals surface area contributed by atoms with Crippen molar-refractivity contribution >= 4 is 94.5 Å². The van der Waals surface area contributed by atoms with Crippen LogP contribution in [0.15, 0.2) is 206 Å². The summed E-state index contributed by atoms with van der Waals surface area (Å²) in [4.78, 5) is 10.8. The van der Waals surface area contributed by atoms with E-state index >= 15 is 0 Å². The lowest BCUT2D eigenvalue weighted by Crippen LogP contribution is -1.97. The number of nitrogens with zero attached hydrogens (tertiary/aromatic N) is 2. The molecule has 0 saturated carbocycles. The highest BCUT2D eigenvalue weighted by Gasteiger charge is 2.19. The van der Waals surface area contributed by atoms with Crippen LogP contribution in [-0.4, -0.2) is 9.97 Å². The van der Waals surface area contributed by atoms with Gasteiger partial charge in [-0.1, -0.05) is 164 Å². The van der Waals surface area contributed by atoms with Gasteiger partial charge in [0, 0.05) is 77.2 Å². The molecule has 0 atom stereocenters. The second-order valence-electron chi connectivity index (χ2n) is 16.0. The molecule has 63 heavy (non-hydrogen) atoms. The summed E-state index contributed by atoms with van der Waals surface area (Å²) in [5.41, 5.74) is 12.0. The maximum Gasteiger partial charge on any atom is 0.160 e. The summed E-state index contributed by atoms with van der Waals surface area (Å²) in [5.74, 6) is 0.695. The smallest absolute Gasteiger partial charge is 0.160 e. The fourth-order valence-electron chi connectivity index (χ4n) is 9.29. The van der Waals surface area contributed by atoms with Gasteiger partial charge in [0.15, 0.2) is 5.82 Å². The Morgan fingerprint density at radius 3 is 1.10 bits per heavy atom. The molecule has 0 spiro atoms. The predicted molar refractivity (Wildman–Crippen MR) is 273 cm³/mol. The molecule has 0 bridgehead atoms. The van der Waals surface area contributed by atoms with Crippen LogP contribution in [0.5, 0.6) is 0 Å². The SMILES string of the molecule is c1ccc(-c2cc(-c3ccc(-c4cccc5c4sc4ccccc45)cc3)nc(-c3cc(-c4cccc5c4sc4ccccc45)cc(-c4cccc5c4sc4ccccc45)c3)n2)cc1. The normalized spacial score (nSPS) is 11.8. The molecule has 0 fully saturated rings. The molecule has 13 aromatic rings. The van der Waals surface area contributed by atoms with E-state index in [0.717, 1.165) is 39.2 Å². The van der Waals surface area contributed by atoms with E-state index in [4.69, 9.17) is 9.97 Å². The third kappa shape index (κ3) is 6.11. The van der Waals surface area contributed by atoms with Crippen molar-refractivity contribution in [1.29, 1.82) is 0 Å². The van der Waals surface area contributed by atoms with E-state index in [9.17, 15) is 0 Å². The van der Waals surface area contributed by atoms with E-state index in [2.05, 4.69) is 206 Å². The van der Waals surface area contributed by atoms with Crippen LogP contribution in [0.3, 0.4) is 0 Å². The van der Waals surface area contributed by atoms with E-state index in [1.54, 1.807) is 0 Å². The van der Waals surface area contributed by atoms with Crippen LogP contribution >= 0.6 is 34.0 Å². The van der Waals surface area contributed by atoms with Crippen molar-refractivity contribution in [2.45, 2.75) is 0 Å². The Labute approximate surface area is 375 Å². The number of hydrogen-bond acceptors (Lipinski definition) is 5. The number of thiophene rings is 3. The summed E-state index contributed by atoms with van der Waals surface area (Å²) in [6.07, 6.45) is 0. The first-order valence-corrected chi connectivity index (χ1v) is 23.6. The monoisotopic (exact) mass is 854 g/mol. The van der Waals surface area contributed by atoms with Gasteiger partial charge in [-0.3, -0.25) is 0 Å². The highest BCUT2D eigenvalue weighted by molar-refractivity contribution is 7.27. The van der Waals surface area contributed by atoms with Gasteiger partial charge in [0.1, 0.15) is 0 Å². The molecule has 4 heterocycles. The molecule has 0 aliphatic carbocycles. The highest BCUT2D eigenvalue weighted by atomic mass is 32.1. The Morgan fingerprint density at radius 2 is 0.619 bits per heavy atom. The summed E-state index contributed by atoms with van der Waals surface area (Å²) in [6, 6.07) is 74.8. The third-order valence-corrected chi connectivity index (χ3v) is 16.0. The van der Waals surface area contributed by atoms with Gasteiger partial charge in [-0.25, -0.2) is 9.97 Å². The van der Waals surface area contributed by atoms with Crippen molar-refractivity contribution in [3.63, 3.8) is 0 Å². The van der Waals surface area contributed by atoms with Gasteiger partial charge < -0.3 is 0 Å². The largest absolute Gasteiger partial charge is 0.228 e. The van der Waals surface area contributed by atoms with Gasteiger partial charge in [0.25, 0.3) is 0 Å². The van der Waals surface area contributed by atoms with E-state index in [0.29, 0.717) is 5.82 Å². The Hall–Kier alpha value is -7.28. The molecule has 0 N–H and O–H groups in total. The van der Waals surface area contributed by atoms with Gasteiger partial charge in [-0.05, 0) is 75.8 Å². The van der Waals surface area contributed by atoms with Crippen molar-refractivity contribution in [3.05, 3.63) is 206 Å². The maximum absolute atomic E-state index is 5.44. The summed E-state index contributed by atoms with van der Waals surface area (Å²) in [7, 11) is 0. The minimum absolute atomic E-state index is 0.695. The molecular formula is C58H34N2S3. The van der Waals surface area contributed by atoms with Crippen LogP contribution < -0.4 is 0 Å². The van der Waals surface area contributed by atoms with E-state index in [-0.39, 0.29) is 0 Å². The molecule has 0 saturated heterocycles. The predicted octanol–water partition coefficient (Wildman–Crippen LogP) is 17.6. The van der Waals surface area contributed by atoms with Crippen LogP contribution in [0.2, 0.25) is 0 Å². The Balaban J connectivity index is 1.01. The van der Waals surface area contributed by atoms with Crippen LogP contribution in [-0.2, 0) is 0 Å². The minimum Gasteiger partial charge on any atom is -0.228 e. The van der Waals surface area contributed by atoms with Gasteiger partial charge in [-0.2, -0.15) is 0 Å².